The maximum Gasteiger partial charge on any atom is 0.261 e. The topological polar surface area (TPSA) is 123 Å². The molecule has 0 fully saturated rings. The highest BCUT2D eigenvalue weighted by Crippen LogP contribution is 2.22. The molecule has 0 bridgehead atoms. The van der Waals surface area contributed by atoms with Gasteiger partial charge in [0.15, 0.2) is 0 Å². The van der Waals surface area contributed by atoms with Crippen molar-refractivity contribution in [1.29, 1.82) is 0 Å². The van der Waals surface area contributed by atoms with E-state index in [2.05, 4.69) is 30.9 Å². The van der Waals surface area contributed by atoms with Crippen molar-refractivity contribution in [2.75, 3.05) is 23.1 Å². The molecule has 0 unspecified atom stereocenters. The van der Waals surface area contributed by atoms with Crippen molar-refractivity contribution in [3.05, 3.63) is 101 Å². The third kappa shape index (κ3) is 5.76. The van der Waals surface area contributed by atoms with Gasteiger partial charge >= 0.3 is 0 Å². The van der Waals surface area contributed by atoms with E-state index in [0.717, 1.165) is 22.8 Å². The Kier molecular flexibility index (Phi) is 6.94. The van der Waals surface area contributed by atoms with E-state index >= 15 is 0 Å². The molecule has 190 valence electrons. The summed E-state index contributed by atoms with van der Waals surface area (Å²) in [6.07, 6.45) is 1.39. The van der Waals surface area contributed by atoms with Gasteiger partial charge in [0.2, 0.25) is 11.9 Å². The van der Waals surface area contributed by atoms with Crippen molar-refractivity contribution in [3.63, 3.8) is 0 Å². The van der Waals surface area contributed by atoms with Gasteiger partial charge in [-0.15, -0.1) is 0 Å². The van der Waals surface area contributed by atoms with E-state index in [0.29, 0.717) is 28.4 Å². The summed E-state index contributed by atoms with van der Waals surface area (Å²) in [6, 6.07) is 23.6. The number of methoxy groups -OCH3 is 1. The molecule has 10 nitrogen and oxygen atoms in total. The summed E-state index contributed by atoms with van der Waals surface area (Å²) in [5, 5.41) is 9.73. The van der Waals surface area contributed by atoms with Crippen LogP contribution in [0.25, 0.3) is 10.9 Å². The smallest absolute Gasteiger partial charge is 0.261 e. The first-order valence-electron chi connectivity index (χ1n) is 11.8. The van der Waals surface area contributed by atoms with E-state index in [1.165, 1.54) is 10.9 Å². The Balaban J connectivity index is 1.22. The molecular formula is C28H25N7O3. The van der Waals surface area contributed by atoms with Crippen LogP contribution < -0.4 is 26.2 Å². The first kappa shape index (κ1) is 24.4. The first-order chi connectivity index (χ1) is 18.5. The predicted octanol–water partition coefficient (Wildman–Crippen LogP) is 4.63. The molecule has 0 aliphatic heterocycles. The second kappa shape index (κ2) is 10.8. The van der Waals surface area contributed by atoms with Crippen molar-refractivity contribution in [3.8, 4) is 5.75 Å². The Bertz CT molecular complexity index is 1650. The Morgan fingerprint density at radius 3 is 2.34 bits per heavy atom. The lowest BCUT2D eigenvalue weighted by Crippen LogP contribution is -2.27. The third-order valence-electron chi connectivity index (χ3n) is 5.69. The van der Waals surface area contributed by atoms with E-state index in [9.17, 15) is 9.59 Å². The number of anilines is 5. The average Bonchev–Trinajstić information content (AvgIpc) is 2.92. The number of para-hydroxylation sites is 1. The molecule has 0 spiro atoms. The SMILES string of the molecule is COc1ccc(Nc2cc(C)nc(Nc3ccc(NC(=O)Cn4cnc5ccccc5c4=O)cc3)n2)cc1. The fourth-order valence-electron chi connectivity index (χ4n) is 3.85. The van der Waals surface area contributed by atoms with Crippen LogP contribution in [-0.2, 0) is 11.3 Å². The van der Waals surface area contributed by atoms with Gasteiger partial charge in [0.05, 0.1) is 24.3 Å². The van der Waals surface area contributed by atoms with Gasteiger partial charge < -0.3 is 20.7 Å². The highest BCUT2D eigenvalue weighted by molar-refractivity contribution is 5.91. The molecule has 0 saturated carbocycles. The van der Waals surface area contributed by atoms with Crippen LogP contribution in [0, 0.1) is 6.92 Å². The number of hydrogen-bond acceptors (Lipinski definition) is 8. The van der Waals surface area contributed by atoms with E-state index < -0.39 is 0 Å². The standard InChI is InChI=1S/C28H25N7O3/c1-18-15-25(31-19-11-13-22(38-2)14-12-19)34-28(30-18)33-21-9-7-20(8-10-21)32-26(36)16-35-17-29-24-6-4-3-5-23(24)27(35)37/h3-15,17H,16H2,1-2H3,(H,32,36)(H2,30,31,33,34). The minimum absolute atomic E-state index is 0.141. The molecule has 2 heterocycles. The summed E-state index contributed by atoms with van der Waals surface area (Å²) >= 11 is 0. The molecule has 0 aliphatic carbocycles. The zero-order chi connectivity index (χ0) is 26.5. The van der Waals surface area contributed by atoms with Gasteiger partial charge in [0.25, 0.3) is 5.56 Å². The van der Waals surface area contributed by atoms with Crippen LogP contribution >= 0.6 is 0 Å². The molecule has 0 saturated heterocycles. The second-order valence-electron chi connectivity index (χ2n) is 8.52. The molecule has 5 rings (SSSR count). The minimum Gasteiger partial charge on any atom is -0.497 e. The molecule has 2 aromatic heterocycles. The minimum atomic E-state index is -0.332. The van der Waals surface area contributed by atoms with E-state index in [1.54, 1.807) is 37.4 Å². The summed E-state index contributed by atoms with van der Waals surface area (Å²) in [7, 11) is 1.63. The van der Waals surface area contributed by atoms with Gasteiger partial charge in [-0.3, -0.25) is 14.2 Å². The monoisotopic (exact) mass is 507 g/mol. The van der Waals surface area contributed by atoms with Crippen molar-refractivity contribution in [2.45, 2.75) is 13.5 Å². The number of carbonyl (C=O) groups excluding carboxylic acids is 1. The van der Waals surface area contributed by atoms with Crippen molar-refractivity contribution >= 4 is 45.6 Å². The number of fused-ring (bicyclic) bond motifs is 1. The van der Waals surface area contributed by atoms with Gasteiger partial charge in [-0.25, -0.2) is 9.97 Å². The lowest BCUT2D eigenvalue weighted by atomic mass is 10.2. The zero-order valence-electron chi connectivity index (χ0n) is 20.8. The van der Waals surface area contributed by atoms with E-state index in [-0.39, 0.29) is 18.0 Å². The quantitative estimate of drug-likeness (QED) is 0.278. The molecule has 3 N–H and O–H groups in total. The molecule has 10 heteroatoms. The number of amides is 1. The zero-order valence-corrected chi connectivity index (χ0v) is 20.8. The number of rotatable bonds is 8. The Labute approximate surface area is 218 Å². The van der Waals surface area contributed by atoms with Crippen molar-refractivity contribution in [1.82, 2.24) is 19.5 Å². The maximum absolute atomic E-state index is 12.6. The summed E-state index contributed by atoms with van der Waals surface area (Å²) in [5.41, 5.74) is 3.34. The van der Waals surface area contributed by atoms with Crippen molar-refractivity contribution in [2.24, 2.45) is 0 Å². The van der Waals surface area contributed by atoms with Crippen LogP contribution in [0.1, 0.15) is 5.69 Å². The number of aryl methyl sites for hydroxylation is 1. The lowest BCUT2D eigenvalue weighted by Gasteiger charge is -2.11. The highest BCUT2D eigenvalue weighted by Gasteiger charge is 2.09. The third-order valence-corrected chi connectivity index (χ3v) is 5.69. The number of carbonyl (C=O) groups is 1. The Morgan fingerprint density at radius 1 is 0.895 bits per heavy atom. The molecule has 0 aliphatic rings. The van der Waals surface area contributed by atoms with Crippen LogP contribution in [0.3, 0.4) is 0 Å². The fourth-order valence-corrected chi connectivity index (χ4v) is 3.85. The van der Waals surface area contributed by atoms with E-state index in [1.807, 2.05) is 55.5 Å². The fraction of sp³-hybridized carbons (Fsp3) is 0.107. The summed E-state index contributed by atoms with van der Waals surface area (Å²) < 4.78 is 6.49. The van der Waals surface area contributed by atoms with E-state index in [4.69, 9.17) is 4.74 Å². The number of hydrogen-bond donors (Lipinski definition) is 3. The largest absolute Gasteiger partial charge is 0.497 e. The summed E-state index contributed by atoms with van der Waals surface area (Å²) in [4.78, 5) is 38.4. The molecule has 5 aromatic rings. The van der Waals surface area contributed by atoms with Crippen LogP contribution in [0.4, 0.5) is 28.8 Å². The molecule has 38 heavy (non-hydrogen) atoms. The molecule has 1 amide bonds. The van der Waals surface area contributed by atoms with Crippen molar-refractivity contribution < 1.29 is 9.53 Å². The van der Waals surface area contributed by atoms with Gasteiger partial charge in [-0.05, 0) is 67.6 Å². The molecule has 3 aromatic carbocycles. The maximum atomic E-state index is 12.6. The lowest BCUT2D eigenvalue weighted by molar-refractivity contribution is -0.116. The number of aromatic nitrogens is 4. The van der Waals surface area contributed by atoms with Crippen LogP contribution in [0.2, 0.25) is 0 Å². The van der Waals surface area contributed by atoms with Gasteiger partial charge in [-0.1, -0.05) is 12.1 Å². The molecule has 0 radical (unpaired) electrons. The highest BCUT2D eigenvalue weighted by atomic mass is 16.5. The van der Waals surface area contributed by atoms with Gasteiger partial charge in [-0.2, -0.15) is 4.98 Å². The number of nitrogens with zero attached hydrogens (tertiary/aromatic N) is 4. The van der Waals surface area contributed by atoms with Crippen LogP contribution in [0.15, 0.2) is 90.0 Å². The van der Waals surface area contributed by atoms with Crippen LogP contribution in [-0.4, -0.2) is 32.5 Å². The molecule has 0 atom stereocenters. The molecular weight excluding hydrogens is 482 g/mol. The number of ether oxygens (including phenoxy) is 1. The van der Waals surface area contributed by atoms with Gasteiger partial charge in [0, 0.05) is 28.8 Å². The first-order valence-corrected chi connectivity index (χ1v) is 11.8. The number of benzene rings is 3. The predicted molar refractivity (Wildman–Crippen MR) is 147 cm³/mol. The van der Waals surface area contributed by atoms with Crippen LogP contribution in [0.5, 0.6) is 5.75 Å². The normalized spacial score (nSPS) is 10.7. The summed E-state index contributed by atoms with van der Waals surface area (Å²) in [6.45, 7) is 1.75. The average molecular weight is 508 g/mol. The summed E-state index contributed by atoms with van der Waals surface area (Å²) in [5.74, 6) is 1.52. The second-order valence-corrected chi connectivity index (χ2v) is 8.52. The Morgan fingerprint density at radius 2 is 1.58 bits per heavy atom. The number of nitrogens with one attached hydrogen (secondary N) is 3. The van der Waals surface area contributed by atoms with Gasteiger partial charge in [0.1, 0.15) is 18.1 Å². The Hall–Kier alpha value is -5.25.